The largest absolute Gasteiger partial charge is 0.481 e. The molecule has 1 unspecified atom stereocenters. The van der Waals surface area contributed by atoms with E-state index in [2.05, 4.69) is 41.3 Å². The molecular formula is C28H33FN3O+. The Balaban J connectivity index is 1.31. The molecule has 5 heteroatoms. The highest BCUT2D eigenvalue weighted by atomic mass is 19.1. The van der Waals surface area contributed by atoms with Gasteiger partial charge in [0.1, 0.15) is 18.0 Å². The van der Waals surface area contributed by atoms with Gasteiger partial charge >= 0.3 is 0 Å². The van der Waals surface area contributed by atoms with Crippen molar-refractivity contribution in [3.63, 3.8) is 0 Å². The van der Waals surface area contributed by atoms with Crippen molar-refractivity contribution >= 4 is 5.69 Å². The first-order valence-electron chi connectivity index (χ1n) is 12.1. The van der Waals surface area contributed by atoms with Crippen LogP contribution in [-0.4, -0.2) is 49.2 Å². The van der Waals surface area contributed by atoms with Gasteiger partial charge in [0.15, 0.2) is 0 Å². The number of likely N-dealkylation sites (tertiary alicyclic amines) is 1. The molecule has 1 saturated heterocycles. The maximum atomic E-state index is 13.2. The van der Waals surface area contributed by atoms with Crippen molar-refractivity contribution < 1.29 is 9.13 Å². The van der Waals surface area contributed by atoms with Crippen LogP contribution in [0.3, 0.4) is 0 Å². The second-order valence-corrected chi connectivity index (χ2v) is 9.42. The predicted molar refractivity (Wildman–Crippen MR) is 131 cm³/mol. The number of hydrogen-bond donors (Lipinski definition) is 0. The lowest BCUT2D eigenvalue weighted by Crippen LogP contribution is -2.58. The van der Waals surface area contributed by atoms with E-state index < -0.39 is 0 Å². The average molecular weight is 447 g/mol. The molecule has 33 heavy (non-hydrogen) atoms. The lowest BCUT2D eigenvalue weighted by Gasteiger charge is -2.45. The number of quaternary nitrogens is 1. The predicted octanol–water partition coefficient (Wildman–Crippen LogP) is 5.00. The molecule has 3 aromatic rings. The van der Waals surface area contributed by atoms with Crippen molar-refractivity contribution in [2.24, 2.45) is 0 Å². The van der Waals surface area contributed by atoms with Crippen LogP contribution in [0.1, 0.15) is 29.7 Å². The Bertz CT molecular complexity index is 1080. The molecule has 0 amide bonds. The number of hydrogen-bond acceptors (Lipinski definition) is 3. The van der Waals surface area contributed by atoms with E-state index in [0.29, 0.717) is 11.9 Å². The number of halogens is 1. The zero-order chi connectivity index (χ0) is 22.7. The maximum absolute atomic E-state index is 13.2. The fraction of sp³-hybridized carbons (Fsp3) is 0.393. The van der Waals surface area contributed by atoms with Gasteiger partial charge in [-0.2, -0.15) is 0 Å². The van der Waals surface area contributed by atoms with Crippen LogP contribution < -0.4 is 9.22 Å². The molecule has 1 aromatic heterocycles. The Hall–Kier alpha value is -2.76. The summed E-state index contributed by atoms with van der Waals surface area (Å²) in [6.07, 6.45) is 4.47. The number of aromatic nitrogens is 1. The number of ether oxygens (including phenoxy) is 1. The van der Waals surface area contributed by atoms with E-state index >= 15 is 0 Å². The molecule has 5 rings (SSSR count). The van der Waals surface area contributed by atoms with E-state index in [1.807, 2.05) is 18.2 Å². The first-order chi connectivity index (χ1) is 16.2. The Kier molecular flexibility index (Phi) is 6.43. The number of benzene rings is 2. The van der Waals surface area contributed by atoms with Crippen LogP contribution in [0.5, 0.6) is 5.88 Å². The van der Waals surface area contributed by atoms with Crippen LogP contribution in [0, 0.1) is 5.82 Å². The Morgan fingerprint density at radius 3 is 2.58 bits per heavy atom. The van der Waals surface area contributed by atoms with E-state index in [1.54, 1.807) is 19.2 Å². The molecule has 2 aliphatic heterocycles. The topological polar surface area (TPSA) is 25.4 Å². The Morgan fingerprint density at radius 2 is 1.79 bits per heavy atom. The summed E-state index contributed by atoms with van der Waals surface area (Å²) in [5.41, 5.74) is 5.27. The van der Waals surface area contributed by atoms with Crippen LogP contribution in [0.25, 0.3) is 0 Å². The van der Waals surface area contributed by atoms with Gasteiger partial charge in [-0.15, -0.1) is 0 Å². The third-order valence-electron chi connectivity index (χ3n) is 7.57. The number of pyridine rings is 1. The van der Waals surface area contributed by atoms with Gasteiger partial charge in [-0.1, -0.05) is 36.4 Å². The van der Waals surface area contributed by atoms with E-state index in [0.717, 1.165) is 55.7 Å². The first-order valence-corrected chi connectivity index (χ1v) is 12.1. The van der Waals surface area contributed by atoms with Crippen molar-refractivity contribution in [2.45, 2.75) is 38.3 Å². The first kappa shape index (κ1) is 22.1. The van der Waals surface area contributed by atoms with Crippen molar-refractivity contribution in [2.75, 3.05) is 33.3 Å². The highest BCUT2D eigenvalue weighted by molar-refractivity contribution is 5.55. The van der Waals surface area contributed by atoms with Gasteiger partial charge in [0.25, 0.3) is 0 Å². The van der Waals surface area contributed by atoms with Gasteiger partial charge < -0.3 is 9.64 Å². The molecule has 1 atom stereocenters. The third-order valence-corrected chi connectivity index (χ3v) is 7.57. The molecule has 2 aromatic carbocycles. The van der Waals surface area contributed by atoms with Crippen molar-refractivity contribution in [1.29, 1.82) is 0 Å². The quantitative estimate of drug-likeness (QED) is 0.478. The molecule has 0 N–H and O–H groups in total. The zero-order valence-electron chi connectivity index (χ0n) is 19.4. The second kappa shape index (κ2) is 9.62. The summed E-state index contributed by atoms with van der Waals surface area (Å²) in [5, 5.41) is 0. The number of piperidine rings is 1. The summed E-state index contributed by atoms with van der Waals surface area (Å²) in [6.45, 7) is 5.30. The standard InChI is InChI=1S/C28H33FN3O/c1-33-28-8-4-6-25(30-28)21-32(20-16-23-5-2-3-7-27(23)32)26-14-18-31(19-15-26)17-13-22-9-11-24(29)12-10-22/h2-12,26H,13-21H2,1H3/q+1. The van der Waals surface area contributed by atoms with Gasteiger partial charge in [0.05, 0.1) is 25.4 Å². The molecule has 4 nitrogen and oxygen atoms in total. The van der Waals surface area contributed by atoms with Crippen molar-refractivity contribution in [3.05, 3.63) is 89.4 Å². The number of methoxy groups -OCH3 is 1. The number of nitrogens with zero attached hydrogens (tertiary/aromatic N) is 3. The second-order valence-electron chi connectivity index (χ2n) is 9.42. The summed E-state index contributed by atoms with van der Waals surface area (Å²) < 4.78 is 19.6. The molecule has 172 valence electrons. The van der Waals surface area contributed by atoms with E-state index in [9.17, 15) is 4.39 Å². The highest BCUT2D eigenvalue weighted by Crippen LogP contribution is 2.41. The van der Waals surface area contributed by atoms with Crippen LogP contribution in [0.2, 0.25) is 0 Å². The number of fused-ring (bicyclic) bond motifs is 1. The van der Waals surface area contributed by atoms with Crippen molar-refractivity contribution in [3.8, 4) is 5.88 Å². The number of rotatable bonds is 7. The zero-order valence-corrected chi connectivity index (χ0v) is 19.4. The summed E-state index contributed by atoms with van der Waals surface area (Å²) in [6, 6.07) is 22.6. The minimum Gasteiger partial charge on any atom is -0.481 e. The summed E-state index contributed by atoms with van der Waals surface area (Å²) in [5.74, 6) is 0.527. The van der Waals surface area contributed by atoms with Crippen molar-refractivity contribution in [1.82, 2.24) is 14.4 Å². The Labute approximate surface area is 196 Å². The molecule has 0 aliphatic carbocycles. The van der Waals surface area contributed by atoms with E-state index in [1.165, 1.54) is 29.7 Å². The molecule has 1 fully saturated rings. The van der Waals surface area contributed by atoms with Crippen LogP contribution >= 0.6 is 0 Å². The van der Waals surface area contributed by atoms with Gasteiger partial charge in [-0.25, -0.2) is 9.37 Å². The molecular weight excluding hydrogens is 413 g/mol. The molecule has 2 aliphatic rings. The molecule has 0 spiro atoms. The Morgan fingerprint density at radius 1 is 1.00 bits per heavy atom. The lowest BCUT2D eigenvalue weighted by atomic mass is 9.98. The minimum absolute atomic E-state index is 0.162. The molecule has 0 saturated carbocycles. The van der Waals surface area contributed by atoms with Gasteiger partial charge in [0, 0.05) is 50.5 Å². The summed E-state index contributed by atoms with van der Waals surface area (Å²) >= 11 is 0. The summed E-state index contributed by atoms with van der Waals surface area (Å²) in [7, 11) is 1.68. The molecule has 3 heterocycles. The highest BCUT2D eigenvalue weighted by Gasteiger charge is 2.45. The average Bonchev–Trinajstić information content (AvgIpc) is 3.23. The maximum Gasteiger partial charge on any atom is 0.213 e. The van der Waals surface area contributed by atoms with Gasteiger partial charge in [-0.05, 0) is 36.2 Å². The monoisotopic (exact) mass is 446 g/mol. The fourth-order valence-corrected chi connectivity index (χ4v) is 5.79. The van der Waals surface area contributed by atoms with Gasteiger partial charge in [-0.3, -0.25) is 4.48 Å². The molecule has 0 radical (unpaired) electrons. The van der Waals surface area contributed by atoms with Crippen LogP contribution in [0.15, 0.2) is 66.7 Å². The third kappa shape index (κ3) is 4.66. The number of para-hydroxylation sites is 1. The van der Waals surface area contributed by atoms with Crippen LogP contribution in [-0.2, 0) is 19.4 Å². The smallest absolute Gasteiger partial charge is 0.213 e. The normalized spacial score (nSPS) is 21.2. The lowest BCUT2D eigenvalue weighted by molar-refractivity contribution is 0.113. The van der Waals surface area contributed by atoms with Gasteiger partial charge in [0.2, 0.25) is 5.88 Å². The SMILES string of the molecule is COc1cccc(C[N+]2(C3CCN(CCc4ccc(F)cc4)CC3)CCc3ccccc32)n1. The fourth-order valence-electron chi connectivity index (χ4n) is 5.79. The molecule has 0 bridgehead atoms. The van der Waals surface area contributed by atoms with E-state index in [-0.39, 0.29) is 5.82 Å². The van der Waals surface area contributed by atoms with E-state index in [4.69, 9.17) is 9.72 Å². The van der Waals surface area contributed by atoms with Crippen LogP contribution in [0.4, 0.5) is 10.1 Å². The summed E-state index contributed by atoms with van der Waals surface area (Å²) in [4.78, 5) is 7.35. The minimum atomic E-state index is -0.162.